The fraction of sp³-hybridized carbons (Fsp3) is 0.409. The number of nitrogens with one attached hydrogen (secondary N) is 1. The molecule has 1 aliphatic rings. The smallest absolute Gasteiger partial charge is 0.255 e. The summed E-state index contributed by atoms with van der Waals surface area (Å²) in [6.07, 6.45) is 5.08. The van der Waals surface area contributed by atoms with Crippen molar-refractivity contribution >= 4 is 21.6 Å². The van der Waals surface area contributed by atoms with Crippen molar-refractivity contribution in [3.05, 3.63) is 53.6 Å². The standard InChI is InChI=1S/C22H28N2O4S/c1-16-9-14-21(28-3)20(15-16)23-22(25)17-10-12-19(13-11-17)29(26,27)24(2)18-7-5-4-6-8-18/h9-15,18H,4-8H2,1-3H3,(H,23,25). The molecule has 0 radical (unpaired) electrons. The van der Waals surface area contributed by atoms with Gasteiger partial charge in [-0.3, -0.25) is 4.79 Å². The molecule has 29 heavy (non-hydrogen) atoms. The Labute approximate surface area is 172 Å². The molecule has 1 aliphatic carbocycles. The number of ether oxygens (including phenoxy) is 1. The average molecular weight is 417 g/mol. The largest absolute Gasteiger partial charge is 0.495 e. The van der Waals surface area contributed by atoms with Crippen LogP contribution in [0.1, 0.15) is 48.0 Å². The Hall–Kier alpha value is -2.38. The fourth-order valence-corrected chi connectivity index (χ4v) is 5.12. The third kappa shape index (κ3) is 4.79. The van der Waals surface area contributed by atoms with Crippen molar-refractivity contribution in [2.24, 2.45) is 0 Å². The lowest BCUT2D eigenvalue weighted by atomic mass is 9.96. The summed E-state index contributed by atoms with van der Waals surface area (Å²) in [6, 6.07) is 11.6. The van der Waals surface area contributed by atoms with Crippen LogP contribution in [0.5, 0.6) is 5.75 Å². The Morgan fingerprint density at radius 3 is 2.34 bits per heavy atom. The molecule has 0 unspecified atom stereocenters. The van der Waals surface area contributed by atoms with Gasteiger partial charge >= 0.3 is 0 Å². The first-order chi connectivity index (χ1) is 13.8. The van der Waals surface area contributed by atoms with Crippen LogP contribution >= 0.6 is 0 Å². The van der Waals surface area contributed by atoms with Crippen LogP contribution in [0.15, 0.2) is 47.4 Å². The number of amides is 1. The molecule has 0 aromatic heterocycles. The van der Waals surface area contributed by atoms with E-state index in [0.29, 0.717) is 17.0 Å². The zero-order chi connectivity index (χ0) is 21.0. The minimum absolute atomic E-state index is 0.0468. The normalized spacial score (nSPS) is 15.3. The van der Waals surface area contributed by atoms with Crippen molar-refractivity contribution in [1.82, 2.24) is 4.31 Å². The minimum Gasteiger partial charge on any atom is -0.495 e. The lowest BCUT2D eigenvalue weighted by molar-refractivity contribution is 0.102. The summed E-state index contributed by atoms with van der Waals surface area (Å²) in [6.45, 7) is 1.93. The Morgan fingerprint density at radius 2 is 1.72 bits per heavy atom. The molecule has 2 aromatic carbocycles. The molecule has 1 saturated carbocycles. The molecule has 1 fully saturated rings. The van der Waals surface area contributed by atoms with Gasteiger partial charge in [0.15, 0.2) is 0 Å². The van der Waals surface area contributed by atoms with Gasteiger partial charge in [-0.15, -0.1) is 0 Å². The molecule has 1 N–H and O–H groups in total. The predicted molar refractivity (Wildman–Crippen MR) is 114 cm³/mol. The second-order valence-corrected chi connectivity index (χ2v) is 9.49. The van der Waals surface area contributed by atoms with Gasteiger partial charge in [0, 0.05) is 18.7 Å². The van der Waals surface area contributed by atoms with Gasteiger partial charge in [-0.05, 0) is 61.7 Å². The summed E-state index contributed by atoms with van der Waals surface area (Å²) < 4.78 is 32.6. The Balaban J connectivity index is 1.75. The number of hydrogen-bond donors (Lipinski definition) is 1. The molecular formula is C22H28N2O4S. The summed E-state index contributed by atoms with van der Waals surface area (Å²) in [4.78, 5) is 12.8. The van der Waals surface area contributed by atoms with E-state index in [2.05, 4.69) is 5.32 Å². The van der Waals surface area contributed by atoms with Crippen LogP contribution in [-0.2, 0) is 10.0 Å². The van der Waals surface area contributed by atoms with E-state index in [1.54, 1.807) is 32.4 Å². The monoisotopic (exact) mass is 416 g/mol. The van der Waals surface area contributed by atoms with Gasteiger partial charge in [0.2, 0.25) is 10.0 Å². The van der Waals surface area contributed by atoms with Gasteiger partial charge in [-0.1, -0.05) is 25.3 Å². The van der Waals surface area contributed by atoms with Crippen LogP contribution in [0.4, 0.5) is 5.69 Å². The number of carbonyl (C=O) groups is 1. The maximum atomic E-state index is 12.9. The van der Waals surface area contributed by atoms with Crippen LogP contribution in [0.2, 0.25) is 0 Å². The molecule has 0 atom stereocenters. The molecule has 7 heteroatoms. The van der Waals surface area contributed by atoms with E-state index in [9.17, 15) is 13.2 Å². The maximum Gasteiger partial charge on any atom is 0.255 e. The zero-order valence-corrected chi connectivity index (χ0v) is 18.0. The summed E-state index contributed by atoms with van der Waals surface area (Å²) in [7, 11) is -0.381. The van der Waals surface area contributed by atoms with Crippen LogP contribution in [0, 0.1) is 6.92 Å². The van der Waals surface area contributed by atoms with E-state index >= 15 is 0 Å². The van der Waals surface area contributed by atoms with Crippen molar-refractivity contribution in [2.75, 3.05) is 19.5 Å². The van der Waals surface area contributed by atoms with Gasteiger partial charge in [0.25, 0.3) is 5.91 Å². The number of hydrogen-bond acceptors (Lipinski definition) is 4. The van der Waals surface area contributed by atoms with E-state index in [0.717, 1.165) is 31.2 Å². The highest BCUT2D eigenvalue weighted by molar-refractivity contribution is 7.89. The van der Waals surface area contributed by atoms with E-state index in [-0.39, 0.29) is 16.8 Å². The molecule has 0 saturated heterocycles. The van der Waals surface area contributed by atoms with Gasteiger partial charge in [0.1, 0.15) is 5.75 Å². The summed E-state index contributed by atoms with van der Waals surface area (Å²) in [5.41, 5.74) is 1.95. The summed E-state index contributed by atoms with van der Waals surface area (Å²) >= 11 is 0. The molecule has 3 rings (SSSR count). The van der Waals surface area contributed by atoms with Gasteiger partial charge in [-0.2, -0.15) is 4.31 Å². The lowest BCUT2D eigenvalue weighted by Gasteiger charge is -2.30. The summed E-state index contributed by atoms with van der Waals surface area (Å²) in [5.74, 6) is 0.246. The van der Waals surface area contributed by atoms with Gasteiger partial charge < -0.3 is 10.1 Å². The first-order valence-electron chi connectivity index (χ1n) is 9.87. The topological polar surface area (TPSA) is 75.7 Å². The molecule has 156 valence electrons. The molecule has 6 nitrogen and oxygen atoms in total. The third-order valence-corrected chi connectivity index (χ3v) is 7.41. The van der Waals surface area contributed by atoms with Crippen molar-refractivity contribution in [1.29, 1.82) is 0 Å². The van der Waals surface area contributed by atoms with E-state index in [4.69, 9.17) is 4.74 Å². The molecule has 0 heterocycles. The molecule has 2 aromatic rings. The first-order valence-corrected chi connectivity index (χ1v) is 11.3. The highest BCUT2D eigenvalue weighted by Gasteiger charge is 2.29. The van der Waals surface area contributed by atoms with Gasteiger partial charge in [0.05, 0.1) is 17.7 Å². The second-order valence-electron chi connectivity index (χ2n) is 7.50. The predicted octanol–water partition coefficient (Wildman–Crippen LogP) is 4.21. The SMILES string of the molecule is COc1ccc(C)cc1NC(=O)c1ccc(S(=O)(=O)N(C)C2CCCCC2)cc1. The lowest BCUT2D eigenvalue weighted by Crippen LogP contribution is -2.38. The highest BCUT2D eigenvalue weighted by Crippen LogP contribution is 2.28. The van der Waals surface area contributed by atoms with Crippen LogP contribution in [0.3, 0.4) is 0 Å². The summed E-state index contributed by atoms with van der Waals surface area (Å²) in [5, 5.41) is 2.83. The Kier molecular flexibility index (Phi) is 6.59. The van der Waals surface area contributed by atoms with Crippen molar-refractivity contribution < 1.29 is 17.9 Å². The van der Waals surface area contributed by atoms with Crippen LogP contribution < -0.4 is 10.1 Å². The van der Waals surface area contributed by atoms with E-state index in [1.165, 1.54) is 22.9 Å². The molecule has 1 amide bonds. The van der Waals surface area contributed by atoms with Crippen molar-refractivity contribution in [3.8, 4) is 5.75 Å². The van der Waals surface area contributed by atoms with Gasteiger partial charge in [-0.25, -0.2) is 8.42 Å². The molecular weight excluding hydrogens is 388 g/mol. The number of carbonyl (C=O) groups excluding carboxylic acids is 1. The quantitative estimate of drug-likeness (QED) is 0.765. The molecule has 0 spiro atoms. The van der Waals surface area contributed by atoms with Crippen LogP contribution in [0.25, 0.3) is 0 Å². The van der Waals surface area contributed by atoms with Crippen LogP contribution in [-0.4, -0.2) is 38.8 Å². The zero-order valence-electron chi connectivity index (χ0n) is 17.1. The maximum absolute atomic E-state index is 12.9. The third-order valence-electron chi connectivity index (χ3n) is 5.49. The number of methoxy groups -OCH3 is 1. The number of benzene rings is 2. The second kappa shape index (κ2) is 8.97. The number of aryl methyl sites for hydroxylation is 1. The number of nitrogens with zero attached hydrogens (tertiary/aromatic N) is 1. The van der Waals surface area contributed by atoms with E-state index < -0.39 is 10.0 Å². The fourth-order valence-electron chi connectivity index (χ4n) is 3.70. The Morgan fingerprint density at radius 1 is 1.07 bits per heavy atom. The van der Waals surface area contributed by atoms with E-state index in [1.807, 2.05) is 19.1 Å². The Bertz CT molecular complexity index is 965. The highest BCUT2D eigenvalue weighted by atomic mass is 32.2. The average Bonchev–Trinajstić information content (AvgIpc) is 2.74. The first kappa shape index (κ1) is 21.3. The molecule has 0 bridgehead atoms. The molecule has 0 aliphatic heterocycles. The number of rotatable bonds is 6. The van der Waals surface area contributed by atoms with Crippen molar-refractivity contribution in [3.63, 3.8) is 0 Å². The number of sulfonamides is 1. The minimum atomic E-state index is -3.57. The van der Waals surface area contributed by atoms with Crippen molar-refractivity contribution in [2.45, 2.75) is 50.0 Å². The number of anilines is 1.